The molecule has 0 fully saturated rings. The van der Waals surface area contributed by atoms with Crippen molar-refractivity contribution < 1.29 is 19.1 Å². The van der Waals surface area contributed by atoms with Crippen molar-refractivity contribution in [3.63, 3.8) is 0 Å². The Morgan fingerprint density at radius 2 is 1.95 bits per heavy atom. The Kier molecular flexibility index (Phi) is 4.55. The summed E-state index contributed by atoms with van der Waals surface area (Å²) in [4.78, 5) is 24.3. The van der Waals surface area contributed by atoms with Crippen molar-refractivity contribution in [2.24, 2.45) is 5.92 Å². The van der Waals surface area contributed by atoms with E-state index in [0.717, 1.165) is 0 Å². The van der Waals surface area contributed by atoms with E-state index in [1.807, 2.05) is 0 Å². The Morgan fingerprint density at radius 1 is 1.32 bits per heavy atom. The van der Waals surface area contributed by atoms with Crippen LogP contribution in [0, 0.1) is 11.7 Å². The molecule has 1 aromatic carbocycles. The van der Waals surface area contributed by atoms with Crippen LogP contribution in [0.4, 0.5) is 4.39 Å². The first kappa shape index (κ1) is 15.7. The molecule has 6 nitrogen and oxygen atoms in total. The molecule has 2 rings (SSSR count). The van der Waals surface area contributed by atoms with Gasteiger partial charge in [0.15, 0.2) is 5.69 Å². The second-order valence-corrected chi connectivity index (χ2v) is 5.05. The number of aromatic nitrogens is 2. The average Bonchev–Trinajstić information content (AvgIpc) is 2.96. The van der Waals surface area contributed by atoms with Crippen LogP contribution >= 0.6 is 0 Å². The summed E-state index contributed by atoms with van der Waals surface area (Å²) in [6.07, 6.45) is 1.59. The van der Waals surface area contributed by atoms with Crippen molar-refractivity contribution in [2.45, 2.75) is 6.92 Å². The zero-order valence-electron chi connectivity index (χ0n) is 12.2. The zero-order chi connectivity index (χ0) is 16.3. The Labute approximate surface area is 126 Å². The number of rotatable bonds is 5. The molecule has 1 unspecified atom stereocenters. The van der Waals surface area contributed by atoms with E-state index < -0.39 is 11.9 Å². The molecule has 0 aliphatic rings. The largest absolute Gasteiger partial charge is 0.481 e. The van der Waals surface area contributed by atoms with Crippen LogP contribution in [0.1, 0.15) is 17.4 Å². The lowest BCUT2D eigenvalue weighted by Crippen LogP contribution is -2.34. The van der Waals surface area contributed by atoms with Gasteiger partial charge in [-0.1, -0.05) is 6.92 Å². The van der Waals surface area contributed by atoms with Crippen molar-refractivity contribution in [3.05, 3.63) is 48.0 Å². The lowest BCUT2D eigenvalue weighted by molar-refractivity contribution is -0.141. The number of amides is 1. The molecule has 116 valence electrons. The number of nitrogens with zero attached hydrogens (tertiary/aromatic N) is 3. The molecule has 1 amide bonds. The molecule has 2 aromatic rings. The Hall–Kier alpha value is -2.70. The summed E-state index contributed by atoms with van der Waals surface area (Å²) in [6.45, 7) is 1.63. The highest BCUT2D eigenvalue weighted by atomic mass is 19.1. The lowest BCUT2D eigenvalue weighted by Gasteiger charge is -2.18. The normalized spacial score (nSPS) is 12.0. The average molecular weight is 305 g/mol. The van der Waals surface area contributed by atoms with E-state index in [-0.39, 0.29) is 24.0 Å². The van der Waals surface area contributed by atoms with Gasteiger partial charge in [-0.3, -0.25) is 9.59 Å². The maximum Gasteiger partial charge on any atom is 0.308 e. The van der Waals surface area contributed by atoms with E-state index in [0.29, 0.717) is 5.69 Å². The molecule has 1 atom stereocenters. The van der Waals surface area contributed by atoms with Crippen LogP contribution in [-0.2, 0) is 4.79 Å². The summed E-state index contributed by atoms with van der Waals surface area (Å²) >= 11 is 0. The fourth-order valence-corrected chi connectivity index (χ4v) is 1.94. The second kappa shape index (κ2) is 6.38. The maximum atomic E-state index is 12.9. The second-order valence-electron chi connectivity index (χ2n) is 5.05. The third-order valence-corrected chi connectivity index (χ3v) is 3.22. The number of hydrogen-bond acceptors (Lipinski definition) is 3. The predicted octanol–water partition coefficient (Wildman–Crippen LogP) is 1.80. The first-order chi connectivity index (χ1) is 10.4. The van der Waals surface area contributed by atoms with Gasteiger partial charge in [-0.15, -0.1) is 0 Å². The molecule has 0 aliphatic carbocycles. The van der Waals surface area contributed by atoms with Crippen molar-refractivity contribution in [2.75, 3.05) is 13.6 Å². The van der Waals surface area contributed by atoms with Gasteiger partial charge < -0.3 is 10.0 Å². The lowest BCUT2D eigenvalue weighted by atomic mass is 10.2. The molecule has 22 heavy (non-hydrogen) atoms. The molecule has 1 heterocycles. The van der Waals surface area contributed by atoms with Crippen LogP contribution in [0.3, 0.4) is 0 Å². The van der Waals surface area contributed by atoms with Gasteiger partial charge in [-0.25, -0.2) is 9.07 Å². The molecule has 1 N–H and O–H groups in total. The van der Waals surface area contributed by atoms with Crippen molar-refractivity contribution in [3.8, 4) is 5.69 Å². The highest BCUT2D eigenvalue weighted by molar-refractivity contribution is 5.92. The van der Waals surface area contributed by atoms with Gasteiger partial charge in [0.05, 0.1) is 11.6 Å². The molecular weight excluding hydrogens is 289 g/mol. The van der Waals surface area contributed by atoms with Gasteiger partial charge in [-0.05, 0) is 30.3 Å². The number of carboxylic acids is 1. The molecular formula is C15H16FN3O3. The summed E-state index contributed by atoms with van der Waals surface area (Å²) < 4.78 is 14.3. The van der Waals surface area contributed by atoms with E-state index in [2.05, 4.69) is 5.10 Å². The Bertz CT molecular complexity index is 682. The fourth-order valence-electron chi connectivity index (χ4n) is 1.94. The summed E-state index contributed by atoms with van der Waals surface area (Å²) in [5, 5.41) is 13.0. The molecule has 0 spiro atoms. The SMILES string of the molecule is CC(CN(C)C(=O)c1ccn(-c2ccc(F)cc2)n1)C(=O)O. The van der Waals surface area contributed by atoms with Crippen molar-refractivity contribution >= 4 is 11.9 Å². The van der Waals surface area contributed by atoms with E-state index in [4.69, 9.17) is 5.11 Å². The number of hydrogen-bond donors (Lipinski definition) is 1. The van der Waals surface area contributed by atoms with E-state index in [1.165, 1.54) is 41.8 Å². The number of halogens is 1. The summed E-state index contributed by atoms with van der Waals surface area (Å²) in [7, 11) is 1.53. The monoisotopic (exact) mass is 305 g/mol. The minimum absolute atomic E-state index is 0.0948. The summed E-state index contributed by atoms with van der Waals surface area (Å²) in [5.41, 5.74) is 0.825. The quantitative estimate of drug-likeness (QED) is 0.914. The third-order valence-electron chi connectivity index (χ3n) is 3.22. The zero-order valence-corrected chi connectivity index (χ0v) is 12.2. The molecule has 0 bridgehead atoms. The molecule has 1 aromatic heterocycles. The van der Waals surface area contributed by atoms with Crippen LogP contribution in [0.15, 0.2) is 36.5 Å². The molecule has 0 saturated heterocycles. The molecule has 0 radical (unpaired) electrons. The van der Waals surface area contributed by atoms with Crippen LogP contribution < -0.4 is 0 Å². The summed E-state index contributed by atoms with van der Waals surface area (Å²) in [5.74, 6) is -2.34. The number of carboxylic acid groups (broad SMARTS) is 1. The highest BCUT2D eigenvalue weighted by Crippen LogP contribution is 2.10. The maximum absolute atomic E-state index is 12.9. The van der Waals surface area contributed by atoms with E-state index in [1.54, 1.807) is 18.3 Å². The van der Waals surface area contributed by atoms with Crippen LogP contribution in [0.2, 0.25) is 0 Å². The summed E-state index contributed by atoms with van der Waals surface area (Å²) in [6, 6.07) is 7.24. The predicted molar refractivity (Wildman–Crippen MR) is 77.3 cm³/mol. The Balaban J connectivity index is 2.12. The van der Waals surface area contributed by atoms with E-state index >= 15 is 0 Å². The third kappa shape index (κ3) is 3.49. The van der Waals surface area contributed by atoms with Crippen LogP contribution in [-0.4, -0.2) is 45.3 Å². The molecule has 7 heteroatoms. The van der Waals surface area contributed by atoms with E-state index in [9.17, 15) is 14.0 Å². The van der Waals surface area contributed by atoms with Crippen molar-refractivity contribution in [1.82, 2.24) is 14.7 Å². The molecule has 0 saturated carbocycles. The van der Waals surface area contributed by atoms with Crippen molar-refractivity contribution in [1.29, 1.82) is 0 Å². The minimum atomic E-state index is -0.962. The van der Waals surface area contributed by atoms with Gasteiger partial charge >= 0.3 is 5.97 Å². The van der Waals surface area contributed by atoms with Gasteiger partial charge in [0.2, 0.25) is 0 Å². The van der Waals surface area contributed by atoms with Crippen LogP contribution in [0.25, 0.3) is 5.69 Å². The number of carbonyl (C=O) groups excluding carboxylic acids is 1. The smallest absolute Gasteiger partial charge is 0.308 e. The minimum Gasteiger partial charge on any atom is -0.481 e. The van der Waals surface area contributed by atoms with Gasteiger partial charge in [0.25, 0.3) is 5.91 Å². The number of benzene rings is 1. The first-order valence-electron chi connectivity index (χ1n) is 6.68. The van der Waals surface area contributed by atoms with Gasteiger partial charge in [-0.2, -0.15) is 5.10 Å². The highest BCUT2D eigenvalue weighted by Gasteiger charge is 2.20. The van der Waals surface area contributed by atoms with Gasteiger partial charge in [0, 0.05) is 19.8 Å². The van der Waals surface area contributed by atoms with Gasteiger partial charge in [0.1, 0.15) is 5.82 Å². The van der Waals surface area contributed by atoms with Crippen LogP contribution in [0.5, 0.6) is 0 Å². The first-order valence-corrected chi connectivity index (χ1v) is 6.68. The topological polar surface area (TPSA) is 75.4 Å². The standard InChI is InChI=1S/C15H16FN3O3/c1-10(15(21)22)9-18(2)14(20)13-7-8-19(17-13)12-5-3-11(16)4-6-12/h3-8,10H,9H2,1-2H3,(H,21,22). The Morgan fingerprint density at radius 3 is 2.55 bits per heavy atom. The fraction of sp³-hybridized carbons (Fsp3) is 0.267. The number of aliphatic carboxylic acids is 1. The molecule has 0 aliphatic heterocycles. The number of carbonyl (C=O) groups is 2.